The van der Waals surface area contributed by atoms with Crippen molar-refractivity contribution in [2.45, 2.75) is 18.9 Å². The second kappa shape index (κ2) is 9.73. The molecule has 3 aromatic rings. The Balaban J connectivity index is 1.38. The molecule has 4 rings (SSSR count). The first-order chi connectivity index (χ1) is 15.0. The quantitative estimate of drug-likeness (QED) is 0.485. The number of carbonyl (C=O) groups excluding carboxylic acids is 1. The van der Waals surface area contributed by atoms with E-state index in [4.69, 9.17) is 27.9 Å². The summed E-state index contributed by atoms with van der Waals surface area (Å²) in [5, 5.41) is 3.68. The van der Waals surface area contributed by atoms with Crippen LogP contribution in [0.4, 0.5) is 5.69 Å². The summed E-state index contributed by atoms with van der Waals surface area (Å²) in [7, 11) is 2.15. The van der Waals surface area contributed by atoms with Crippen LogP contribution in [0.15, 0.2) is 66.7 Å². The first-order valence-electron chi connectivity index (χ1n) is 10.3. The molecule has 1 saturated heterocycles. The van der Waals surface area contributed by atoms with Gasteiger partial charge in [-0.3, -0.25) is 4.79 Å². The summed E-state index contributed by atoms with van der Waals surface area (Å²) in [4.78, 5) is 14.8. The zero-order valence-electron chi connectivity index (χ0n) is 17.3. The Kier molecular flexibility index (Phi) is 6.81. The first kappa shape index (κ1) is 21.7. The van der Waals surface area contributed by atoms with E-state index < -0.39 is 0 Å². The zero-order valence-corrected chi connectivity index (χ0v) is 18.8. The number of halogens is 2. The second-order valence-electron chi connectivity index (χ2n) is 7.80. The number of rotatable bonds is 5. The largest absolute Gasteiger partial charge is 0.490 e. The third-order valence-corrected chi connectivity index (χ3v) is 6.02. The lowest BCUT2D eigenvalue weighted by atomic mass is 10.0. The van der Waals surface area contributed by atoms with Gasteiger partial charge in [0.25, 0.3) is 5.91 Å². The maximum Gasteiger partial charge on any atom is 0.257 e. The molecule has 1 aliphatic heterocycles. The maximum absolute atomic E-state index is 12.5. The highest BCUT2D eigenvalue weighted by atomic mass is 35.5. The van der Waals surface area contributed by atoms with Crippen LogP contribution in [0.25, 0.3) is 11.1 Å². The number of nitrogens with one attached hydrogen (secondary N) is 1. The number of anilines is 1. The lowest BCUT2D eigenvalue weighted by Gasteiger charge is -2.29. The smallest absolute Gasteiger partial charge is 0.257 e. The summed E-state index contributed by atoms with van der Waals surface area (Å²) in [5.41, 5.74) is 3.24. The molecule has 1 amide bonds. The van der Waals surface area contributed by atoms with Crippen LogP contribution in [0.5, 0.6) is 5.75 Å². The van der Waals surface area contributed by atoms with Crippen LogP contribution < -0.4 is 10.1 Å². The number of likely N-dealkylation sites (tertiary alicyclic amines) is 1. The fourth-order valence-corrected chi connectivity index (χ4v) is 4.13. The molecule has 1 heterocycles. The molecule has 1 aliphatic rings. The zero-order chi connectivity index (χ0) is 21.8. The number of nitrogens with zero attached hydrogens (tertiary/aromatic N) is 1. The number of hydrogen-bond acceptors (Lipinski definition) is 3. The molecule has 3 aromatic carbocycles. The van der Waals surface area contributed by atoms with Gasteiger partial charge in [0.2, 0.25) is 0 Å². The highest BCUT2D eigenvalue weighted by Gasteiger charge is 2.18. The van der Waals surface area contributed by atoms with E-state index in [9.17, 15) is 4.79 Å². The van der Waals surface area contributed by atoms with Crippen molar-refractivity contribution in [2.75, 3.05) is 25.5 Å². The van der Waals surface area contributed by atoms with Gasteiger partial charge in [0.15, 0.2) is 0 Å². The summed E-state index contributed by atoms with van der Waals surface area (Å²) in [5.74, 6) is 0.631. The Morgan fingerprint density at radius 2 is 1.55 bits per heavy atom. The molecule has 160 valence electrons. The summed E-state index contributed by atoms with van der Waals surface area (Å²) < 4.78 is 6.12. The minimum atomic E-state index is -0.273. The fraction of sp³-hybridized carbons (Fsp3) is 0.240. The Labute approximate surface area is 192 Å². The molecule has 1 fully saturated rings. The average molecular weight is 455 g/mol. The topological polar surface area (TPSA) is 41.6 Å². The van der Waals surface area contributed by atoms with Gasteiger partial charge in [0.05, 0.1) is 10.6 Å². The van der Waals surface area contributed by atoms with E-state index in [1.165, 1.54) is 0 Å². The molecule has 0 aromatic heterocycles. The normalized spacial score (nSPS) is 14.9. The van der Waals surface area contributed by atoms with Gasteiger partial charge >= 0.3 is 0 Å². The van der Waals surface area contributed by atoms with Crippen molar-refractivity contribution in [3.8, 4) is 16.9 Å². The third-order valence-electron chi connectivity index (χ3n) is 5.47. The molecule has 0 bridgehead atoms. The van der Waals surface area contributed by atoms with Gasteiger partial charge in [-0.2, -0.15) is 0 Å². The number of carbonyl (C=O) groups is 1. The minimum Gasteiger partial charge on any atom is -0.490 e. The minimum absolute atomic E-state index is 0.273. The average Bonchev–Trinajstić information content (AvgIpc) is 2.76. The number of hydrogen-bond donors (Lipinski definition) is 1. The number of amides is 1. The van der Waals surface area contributed by atoms with Crippen molar-refractivity contribution in [3.63, 3.8) is 0 Å². The van der Waals surface area contributed by atoms with E-state index in [0.717, 1.165) is 42.8 Å². The molecule has 31 heavy (non-hydrogen) atoms. The molecule has 1 N–H and O–H groups in total. The van der Waals surface area contributed by atoms with E-state index in [2.05, 4.69) is 29.4 Å². The third kappa shape index (κ3) is 5.59. The van der Waals surface area contributed by atoms with Gasteiger partial charge < -0.3 is 15.0 Å². The second-order valence-corrected chi connectivity index (χ2v) is 8.64. The van der Waals surface area contributed by atoms with Gasteiger partial charge in [-0.25, -0.2) is 0 Å². The predicted octanol–water partition coefficient (Wildman–Crippen LogP) is 6.39. The fourth-order valence-electron chi connectivity index (χ4n) is 3.64. The van der Waals surface area contributed by atoms with Gasteiger partial charge in [-0.1, -0.05) is 47.5 Å². The summed E-state index contributed by atoms with van der Waals surface area (Å²) in [6, 6.07) is 20.7. The molecule has 0 radical (unpaired) electrons. The lowest BCUT2D eigenvalue weighted by Crippen LogP contribution is -2.35. The van der Waals surface area contributed by atoms with Crippen molar-refractivity contribution >= 4 is 34.8 Å². The van der Waals surface area contributed by atoms with Crippen LogP contribution in [-0.4, -0.2) is 37.0 Å². The number of benzene rings is 3. The number of ether oxygens (including phenoxy) is 1. The molecular formula is C25H24Cl2N2O2. The molecule has 0 unspecified atom stereocenters. The lowest BCUT2D eigenvalue weighted by molar-refractivity contribution is 0.102. The van der Waals surface area contributed by atoms with Crippen molar-refractivity contribution < 1.29 is 9.53 Å². The molecule has 4 nitrogen and oxygen atoms in total. The highest BCUT2D eigenvalue weighted by Crippen LogP contribution is 2.26. The van der Waals surface area contributed by atoms with Crippen molar-refractivity contribution in [1.29, 1.82) is 0 Å². The summed E-state index contributed by atoms with van der Waals surface area (Å²) in [6.45, 7) is 2.16. The van der Waals surface area contributed by atoms with Gasteiger partial charge in [0.1, 0.15) is 11.9 Å². The first-order valence-corrected chi connectivity index (χ1v) is 11.1. The Bertz CT molecular complexity index is 1040. The van der Waals surface area contributed by atoms with Gasteiger partial charge in [-0.05, 0) is 73.5 Å². The molecule has 0 aliphatic carbocycles. The van der Waals surface area contributed by atoms with E-state index in [0.29, 0.717) is 27.4 Å². The van der Waals surface area contributed by atoms with Crippen LogP contribution in [0, 0.1) is 0 Å². The van der Waals surface area contributed by atoms with Gasteiger partial charge in [0, 0.05) is 23.8 Å². The van der Waals surface area contributed by atoms with Gasteiger partial charge in [-0.15, -0.1) is 0 Å². The Hall–Kier alpha value is -2.53. The number of piperidine rings is 1. The monoisotopic (exact) mass is 454 g/mol. The van der Waals surface area contributed by atoms with Crippen LogP contribution >= 0.6 is 23.2 Å². The van der Waals surface area contributed by atoms with E-state index >= 15 is 0 Å². The van der Waals surface area contributed by atoms with E-state index in [1.807, 2.05) is 36.4 Å². The van der Waals surface area contributed by atoms with Crippen molar-refractivity contribution in [1.82, 2.24) is 4.90 Å². The highest BCUT2D eigenvalue weighted by molar-refractivity contribution is 6.37. The van der Waals surface area contributed by atoms with Crippen LogP contribution in [0.1, 0.15) is 23.2 Å². The van der Waals surface area contributed by atoms with E-state index in [-0.39, 0.29) is 5.91 Å². The van der Waals surface area contributed by atoms with Crippen molar-refractivity contribution in [2.24, 2.45) is 0 Å². The molecule has 6 heteroatoms. The predicted molar refractivity (Wildman–Crippen MR) is 127 cm³/mol. The van der Waals surface area contributed by atoms with E-state index in [1.54, 1.807) is 18.2 Å². The van der Waals surface area contributed by atoms with Crippen LogP contribution in [0.2, 0.25) is 10.0 Å². The molecule has 0 atom stereocenters. The Morgan fingerprint density at radius 1 is 0.935 bits per heavy atom. The maximum atomic E-state index is 12.5. The molecule has 0 saturated carbocycles. The summed E-state index contributed by atoms with van der Waals surface area (Å²) in [6.07, 6.45) is 2.42. The molecule has 0 spiro atoms. The summed E-state index contributed by atoms with van der Waals surface area (Å²) >= 11 is 12.0. The SMILES string of the molecule is CN1CCC(Oc2ccc(-c3ccc(NC(=O)c4ccc(Cl)cc4Cl)cc3)cc2)CC1. The molecular weight excluding hydrogens is 431 g/mol. The van der Waals surface area contributed by atoms with Crippen LogP contribution in [0.3, 0.4) is 0 Å². The van der Waals surface area contributed by atoms with Crippen molar-refractivity contribution in [3.05, 3.63) is 82.3 Å². The Morgan fingerprint density at radius 3 is 2.16 bits per heavy atom. The standard InChI is InChI=1S/C25H24Cl2N2O2/c1-29-14-12-22(13-15-29)31-21-9-4-18(5-10-21)17-2-7-20(8-3-17)28-25(30)23-11-6-19(26)16-24(23)27/h2-11,16,22H,12-15H2,1H3,(H,28,30). The van der Waals surface area contributed by atoms with Crippen LogP contribution in [-0.2, 0) is 0 Å².